The standard InChI is InChI=1S/C22H18F2N4O3S2/c1-30-16-6-2-14(3-7-16)18-12-26-22(33-13-19(29)27-21-25-10-11-32-21)28(18)15-4-8-17(9-5-15)31-20(23)24/h2-12,20H,13H2,1H3,(H,25,27,29). The highest BCUT2D eigenvalue weighted by molar-refractivity contribution is 7.99. The second-order valence-corrected chi connectivity index (χ2v) is 8.37. The minimum atomic E-state index is -2.90. The topological polar surface area (TPSA) is 78.3 Å². The summed E-state index contributed by atoms with van der Waals surface area (Å²) in [7, 11) is 1.59. The summed E-state index contributed by atoms with van der Waals surface area (Å²) >= 11 is 2.58. The Morgan fingerprint density at radius 2 is 1.85 bits per heavy atom. The molecule has 1 N–H and O–H groups in total. The quantitative estimate of drug-likeness (QED) is 0.321. The average molecular weight is 489 g/mol. The molecule has 2 aromatic heterocycles. The number of rotatable bonds is 9. The zero-order valence-electron chi connectivity index (χ0n) is 17.3. The number of carbonyl (C=O) groups excluding carboxylic acids is 1. The number of nitrogens with zero attached hydrogens (tertiary/aromatic N) is 3. The predicted octanol–water partition coefficient (Wildman–Crippen LogP) is 5.34. The van der Waals surface area contributed by atoms with Crippen molar-refractivity contribution in [1.29, 1.82) is 0 Å². The number of imidazole rings is 1. The molecule has 4 rings (SSSR count). The summed E-state index contributed by atoms with van der Waals surface area (Å²) in [5.41, 5.74) is 2.32. The molecule has 0 saturated heterocycles. The molecule has 11 heteroatoms. The lowest BCUT2D eigenvalue weighted by Gasteiger charge is -2.13. The van der Waals surface area contributed by atoms with Crippen molar-refractivity contribution < 1.29 is 23.0 Å². The van der Waals surface area contributed by atoms with Gasteiger partial charge in [-0.1, -0.05) is 11.8 Å². The molecule has 7 nitrogen and oxygen atoms in total. The van der Waals surface area contributed by atoms with Crippen molar-refractivity contribution in [3.63, 3.8) is 0 Å². The van der Waals surface area contributed by atoms with E-state index in [0.717, 1.165) is 11.3 Å². The SMILES string of the molecule is COc1ccc(-c2cnc(SCC(=O)Nc3nccs3)n2-c2ccc(OC(F)F)cc2)cc1. The van der Waals surface area contributed by atoms with E-state index in [1.807, 2.05) is 28.8 Å². The number of methoxy groups -OCH3 is 1. The molecule has 0 aliphatic heterocycles. The molecule has 170 valence electrons. The number of carbonyl (C=O) groups is 1. The first-order valence-electron chi connectivity index (χ1n) is 9.63. The molecular weight excluding hydrogens is 470 g/mol. The zero-order chi connectivity index (χ0) is 23.2. The number of benzene rings is 2. The van der Waals surface area contributed by atoms with Crippen molar-refractivity contribution >= 4 is 34.1 Å². The number of nitrogens with one attached hydrogen (secondary N) is 1. The van der Waals surface area contributed by atoms with Crippen LogP contribution < -0.4 is 14.8 Å². The lowest BCUT2D eigenvalue weighted by Crippen LogP contribution is -2.14. The van der Waals surface area contributed by atoms with Gasteiger partial charge in [0.2, 0.25) is 5.91 Å². The van der Waals surface area contributed by atoms with Crippen molar-refractivity contribution in [1.82, 2.24) is 14.5 Å². The first kappa shape index (κ1) is 22.7. The Balaban J connectivity index is 1.62. The van der Waals surface area contributed by atoms with E-state index in [4.69, 9.17) is 4.74 Å². The average Bonchev–Trinajstić information content (AvgIpc) is 3.48. The smallest absolute Gasteiger partial charge is 0.387 e. The Kier molecular flexibility index (Phi) is 7.20. The highest BCUT2D eigenvalue weighted by atomic mass is 32.2. The van der Waals surface area contributed by atoms with Crippen LogP contribution in [0.3, 0.4) is 0 Å². The van der Waals surface area contributed by atoms with E-state index in [0.29, 0.717) is 21.7 Å². The van der Waals surface area contributed by atoms with Crippen molar-refractivity contribution in [2.75, 3.05) is 18.2 Å². The van der Waals surface area contributed by atoms with Gasteiger partial charge >= 0.3 is 6.61 Å². The van der Waals surface area contributed by atoms with Gasteiger partial charge in [-0.25, -0.2) is 9.97 Å². The molecule has 0 fully saturated rings. The van der Waals surface area contributed by atoms with Gasteiger partial charge in [0.15, 0.2) is 10.3 Å². The third kappa shape index (κ3) is 5.68. The number of alkyl halides is 2. The number of hydrogen-bond donors (Lipinski definition) is 1. The largest absolute Gasteiger partial charge is 0.497 e. The Morgan fingerprint density at radius 1 is 1.12 bits per heavy atom. The van der Waals surface area contributed by atoms with Crippen LogP contribution in [0.4, 0.5) is 13.9 Å². The summed E-state index contributed by atoms with van der Waals surface area (Å²) < 4.78 is 36.6. The van der Waals surface area contributed by atoms with Crippen molar-refractivity contribution in [3.05, 3.63) is 66.3 Å². The second-order valence-electron chi connectivity index (χ2n) is 6.54. The number of hydrogen-bond acceptors (Lipinski definition) is 7. The molecule has 0 aliphatic carbocycles. The minimum Gasteiger partial charge on any atom is -0.497 e. The molecule has 0 spiro atoms. The maximum atomic E-state index is 12.5. The fourth-order valence-electron chi connectivity index (χ4n) is 3.00. The number of thioether (sulfide) groups is 1. The molecule has 0 atom stereocenters. The molecule has 4 aromatic rings. The molecule has 0 unspecified atom stereocenters. The zero-order valence-corrected chi connectivity index (χ0v) is 18.9. The molecule has 2 aromatic carbocycles. The first-order chi connectivity index (χ1) is 16.0. The van der Waals surface area contributed by atoms with Crippen LogP contribution in [-0.2, 0) is 4.79 Å². The third-order valence-electron chi connectivity index (χ3n) is 4.45. The van der Waals surface area contributed by atoms with Gasteiger partial charge in [-0.15, -0.1) is 11.3 Å². The highest BCUT2D eigenvalue weighted by Crippen LogP contribution is 2.31. The summed E-state index contributed by atoms with van der Waals surface area (Å²) in [6.07, 6.45) is 3.31. The van der Waals surface area contributed by atoms with Crippen LogP contribution in [0.5, 0.6) is 11.5 Å². The van der Waals surface area contributed by atoms with Crippen LogP contribution in [0.15, 0.2) is 71.5 Å². The lowest BCUT2D eigenvalue weighted by atomic mass is 10.1. The molecule has 0 saturated carbocycles. The number of ether oxygens (including phenoxy) is 2. The molecule has 0 bridgehead atoms. The van der Waals surface area contributed by atoms with Crippen molar-refractivity contribution in [2.45, 2.75) is 11.8 Å². The fourth-order valence-corrected chi connectivity index (χ4v) is 4.34. The monoisotopic (exact) mass is 488 g/mol. The second kappa shape index (κ2) is 10.5. The summed E-state index contributed by atoms with van der Waals surface area (Å²) in [5, 5.41) is 5.61. The third-order valence-corrected chi connectivity index (χ3v) is 6.09. The number of aromatic nitrogens is 3. The number of halogens is 2. The van der Waals surface area contributed by atoms with Crippen molar-refractivity contribution in [3.8, 4) is 28.4 Å². The predicted molar refractivity (Wildman–Crippen MR) is 124 cm³/mol. The first-order valence-corrected chi connectivity index (χ1v) is 11.5. The fraction of sp³-hybridized carbons (Fsp3) is 0.136. The molecular formula is C22H18F2N4O3S2. The lowest BCUT2D eigenvalue weighted by molar-refractivity contribution is -0.113. The van der Waals surface area contributed by atoms with Gasteiger partial charge in [0.1, 0.15) is 11.5 Å². The summed E-state index contributed by atoms with van der Waals surface area (Å²) in [4.78, 5) is 20.9. The van der Waals surface area contributed by atoms with Crippen molar-refractivity contribution in [2.24, 2.45) is 0 Å². The van der Waals surface area contributed by atoms with E-state index in [1.54, 1.807) is 37.0 Å². The van der Waals surface area contributed by atoms with E-state index in [1.165, 1.54) is 35.2 Å². The van der Waals surface area contributed by atoms with Gasteiger partial charge in [-0.3, -0.25) is 9.36 Å². The van der Waals surface area contributed by atoms with E-state index in [9.17, 15) is 13.6 Å². The van der Waals surface area contributed by atoms with E-state index >= 15 is 0 Å². The number of anilines is 1. The van der Waals surface area contributed by atoms with E-state index in [2.05, 4.69) is 20.0 Å². The van der Waals surface area contributed by atoms with Gasteiger partial charge in [-0.05, 0) is 48.5 Å². The maximum absolute atomic E-state index is 12.5. The van der Waals surface area contributed by atoms with Crippen LogP contribution in [0.1, 0.15) is 0 Å². The minimum absolute atomic E-state index is 0.0527. The van der Waals surface area contributed by atoms with Gasteiger partial charge in [-0.2, -0.15) is 8.78 Å². The van der Waals surface area contributed by atoms with E-state index < -0.39 is 6.61 Å². The Bertz CT molecular complexity index is 1200. The Hall–Kier alpha value is -3.44. The molecule has 33 heavy (non-hydrogen) atoms. The summed E-state index contributed by atoms with van der Waals surface area (Å²) in [5.74, 6) is 0.672. The van der Waals surface area contributed by atoms with Crippen LogP contribution in [-0.4, -0.2) is 39.9 Å². The van der Waals surface area contributed by atoms with Gasteiger partial charge < -0.3 is 14.8 Å². The van der Waals surface area contributed by atoms with Gasteiger partial charge in [0.05, 0.1) is 24.8 Å². The maximum Gasteiger partial charge on any atom is 0.387 e. The van der Waals surface area contributed by atoms with E-state index in [-0.39, 0.29) is 17.4 Å². The molecule has 1 amide bonds. The Labute approximate surface area is 196 Å². The molecule has 0 radical (unpaired) electrons. The van der Waals surface area contributed by atoms with Crippen LogP contribution in [0, 0.1) is 0 Å². The van der Waals surface area contributed by atoms with Gasteiger partial charge in [0.25, 0.3) is 0 Å². The van der Waals surface area contributed by atoms with Crippen LogP contribution >= 0.6 is 23.1 Å². The van der Waals surface area contributed by atoms with Crippen LogP contribution in [0.2, 0.25) is 0 Å². The summed E-state index contributed by atoms with van der Waals surface area (Å²) in [6, 6.07) is 13.7. The van der Waals surface area contributed by atoms with Crippen LogP contribution in [0.25, 0.3) is 16.9 Å². The number of thiazole rings is 1. The molecule has 0 aliphatic rings. The summed E-state index contributed by atoms with van der Waals surface area (Å²) in [6.45, 7) is -2.90. The van der Waals surface area contributed by atoms with Gasteiger partial charge in [0, 0.05) is 22.8 Å². The number of amides is 1. The molecule has 2 heterocycles. The normalized spacial score (nSPS) is 10.9. The highest BCUT2D eigenvalue weighted by Gasteiger charge is 2.17. The Morgan fingerprint density at radius 3 is 2.48 bits per heavy atom.